The van der Waals surface area contributed by atoms with E-state index in [2.05, 4.69) is 41.9 Å². The van der Waals surface area contributed by atoms with Gasteiger partial charge in [0.25, 0.3) is 11.8 Å². The van der Waals surface area contributed by atoms with Gasteiger partial charge in [0.15, 0.2) is 34.0 Å². The zero-order valence-corrected chi connectivity index (χ0v) is 46.4. The molecule has 6 aromatic rings. The predicted octanol–water partition coefficient (Wildman–Crippen LogP) is -2.95. The standard InChI is InChI=1S/C55H68N18O13/c74-21-31(15-27-7-3-1-4-8-27)58-45-39-47(70(25-56-39)35-17-37(43(80)41(35)78)72-49(82)33(23-76)62-54(72)85)66-51(64-45)68-13-11-29(19-68)60-53(84)61-30-12-14-69(20-30)52-65-46(59-32(22-75)16-28-9-5-2-6-10-28)40-48(67-52)71(26-57-40)36-18-38(44(81)42(36)79)73-50(83)34(24-77)63-55(73)86/h1-10,25-26,29-38,41-44,74-81H,11-24H2,(H,62,85)(H,63,86)(H,58,64,66)(H,59,65,67)(H2,60,61,84)/t29?,30?,31-,32-,33?,34?,35+,36+,37-,38-,41-,42-,43+,44+/m0/s1. The zero-order valence-electron chi connectivity index (χ0n) is 46.4. The van der Waals surface area contributed by atoms with Crippen LogP contribution in [0.15, 0.2) is 73.3 Å². The molecule has 2 aromatic carbocycles. The van der Waals surface area contributed by atoms with Crippen molar-refractivity contribution in [3.8, 4) is 0 Å². The van der Waals surface area contributed by atoms with E-state index >= 15 is 0 Å². The number of aliphatic hydroxyl groups excluding tert-OH is 8. The summed E-state index contributed by atoms with van der Waals surface area (Å²) in [6, 6.07) is 8.73. The predicted molar refractivity (Wildman–Crippen MR) is 304 cm³/mol. The molecule has 4 aromatic heterocycles. The Bertz CT molecular complexity index is 3270. The molecule has 4 saturated heterocycles. The SMILES string of the molecule is O=C(NC1CCN(c2nc(N[C@H](CO)Cc3ccccc3)c3ncn([C@@H]4C[C@H](N5C(=O)NC(CO)C5=O)[C@@H](O)[C@H]4O)c3n2)C1)NC1CCN(c2nc(N[C@H](CO)Cc3ccccc3)c3ncn([C@@H]4C[C@H](N5C(=O)NC(CO)C5=O)[C@@H](O)[C@H]4O)c3n2)C1. The zero-order chi connectivity index (χ0) is 60.1. The number of hydrogen-bond donors (Lipinski definition) is 14. The summed E-state index contributed by atoms with van der Waals surface area (Å²) >= 11 is 0. The molecule has 4 unspecified atom stereocenters. The lowest BCUT2D eigenvalue weighted by Gasteiger charge is -2.24. The van der Waals surface area contributed by atoms with Gasteiger partial charge in [-0.05, 0) is 49.7 Å². The fourth-order valence-electron chi connectivity index (χ4n) is 12.8. The van der Waals surface area contributed by atoms with Gasteiger partial charge < -0.3 is 91.7 Å². The van der Waals surface area contributed by atoms with Gasteiger partial charge in [-0.25, -0.2) is 24.4 Å². The number of nitrogens with zero attached hydrogens (tertiary/aromatic N) is 12. The van der Waals surface area contributed by atoms with Crippen molar-refractivity contribution in [3.05, 3.63) is 84.4 Å². The number of anilines is 4. The Morgan fingerprint density at radius 2 is 0.953 bits per heavy atom. The Balaban J connectivity index is 0.757. The van der Waals surface area contributed by atoms with E-state index in [0.717, 1.165) is 20.9 Å². The number of amides is 8. The molecule has 6 fully saturated rings. The molecule has 2 aliphatic carbocycles. The number of fused-ring (bicyclic) bond motifs is 2. The van der Waals surface area contributed by atoms with Gasteiger partial charge in [-0.2, -0.15) is 19.9 Å². The maximum absolute atomic E-state index is 13.9. The molecular formula is C55H68N18O13. The minimum Gasteiger partial charge on any atom is -0.394 e. The van der Waals surface area contributed by atoms with Crippen molar-refractivity contribution < 1.29 is 64.8 Å². The maximum Gasteiger partial charge on any atom is 0.325 e. The number of carbonyl (C=O) groups excluding carboxylic acids is 5. The third-order valence-electron chi connectivity index (χ3n) is 17.3. The third-order valence-corrected chi connectivity index (χ3v) is 17.3. The molecule has 14 atom stereocenters. The number of nitrogens with one attached hydrogen (secondary N) is 6. The summed E-state index contributed by atoms with van der Waals surface area (Å²) in [6.07, 6.45) is -1.52. The van der Waals surface area contributed by atoms with Gasteiger partial charge in [-0.3, -0.25) is 19.4 Å². The number of rotatable bonds is 20. The highest BCUT2D eigenvalue weighted by Gasteiger charge is 2.54. The normalized spacial score (nSPS) is 28.3. The van der Waals surface area contributed by atoms with E-state index in [-0.39, 0.29) is 97.1 Å². The van der Waals surface area contributed by atoms with Crippen LogP contribution < -0.4 is 41.7 Å². The van der Waals surface area contributed by atoms with Crippen molar-refractivity contribution in [2.75, 3.05) is 73.0 Å². The van der Waals surface area contributed by atoms with Gasteiger partial charge in [-0.15, -0.1) is 0 Å². The Hall–Kier alpha value is -8.43. The molecule has 0 radical (unpaired) electrons. The van der Waals surface area contributed by atoms with Gasteiger partial charge in [0.05, 0.1) is 75.3 Å². The van der Waals surface area contributed by atoms with Gasteiger partial charge >= 0.3 is 18.1 Å². The second-order valence-electron chi connectivity index (χ2n) is 22.8. The van der Waals surface area contributed by atoms with Crippen molar-refractivity contribution in [2.45, 2.75) is 123 Å². The highest BCUT2D eigenvalue weighted by Crippen LogP contribution is 2.40. The van der Waals surface area contributed by atoms with Crippen LogP contribution in [0.4, 0.5) is 37.9 Å². The van der Waals surface area contributed by atoms with E-state index in [4.69, 9.17) is 19.9 Å². The molecule has 0 bridgehead atoms. The van der Waals surface area contributed by atoms with E-state index in [1.807, 2.05) is 70.5 Å². The molecule has 8 heterocycles. The molecule has 12 rings (SSSR count). The van der Waals surface area contributed by atoms with Crippen LogP contribution in [0, 0.1) is 0 Å². The average Bonchev–Trinajstić information content (AvgIpc) is 1.73. The van der Waals surface area contributed by atoms with Crippen LogP contribution in [0.25, 0.3) is 22.3 Å². The number of carbonyl (C=O) groups is 5. The fourth-order valence-corrected chi connectivity index (χ4v) is 12.8. The summed E-state index contributed by atoms with van der Waals surface area (Å²) in [6.45, 7) is -0.478. The van der Waals surface area contributed by atoms with Crippen LogP contribution in [-0.4, -0.2) is 245 Å². The number of urea groups is 3. The molecule has 4 aliphatic heterocycles. The Labute approximate surface area is 490 Å². The van der Waals surface area contributed by atoms with E-state index in [1.54, 1.807) is 9.13 Å². The number of aliphatic hydroxyl groups is 8. The molecule has 0 spiro atoms. The first-order valence-corrected chi connectivity index (χ1v) is 28.7. The molecule has 14 N–H and O–H groups in total. The van der Waals surface area contributed by atoms with Crippen molar-refractivity contribution in [1.82, 2.24) is 70.1 Å². The Kier molecular flexibility index (Phi) is 16.3. The molecule has 8 amide bonds. The monoisotopic (exact) mass is 1190 g/mol. The third kappa shape index (κ3) is 11.0. The maximum atomic E-state index is 13.9. The van der Waals surface area contributed by atoms with E-state index in [1.165, 1.54) is 12.7 Å². The van der Waals surface area contributed by atoms with Gasteiger partial charge in [0, 0.05) is 38.3 Å². The van der Waals surface area contributed by atoms with Crippen molar-refractivity contribution in [3.63, 3.8) is 0 Å². The van der Waals surface area contributed by atoms with E-state index in [0.29, 0.717) is 38.8 Å². The molecule has 86 heavy (non-hydrogen) atoms. The van der Waals surface area contributed by atoms with Crippen LogP contribution in [0.1, 0.15) is 48.9 Å². The molecule has 6 aliphatic rings. The van der Waals surface area contributed by atoms with Gasteiger partial charge in [-0.1, -0.05) is 60.7 Å². The lowest BCUT2D eigenvalue weighted by molar-refractivity contribution is -0.132. The van der Waals surface area contributed by atoms with Crippen molar-refractivity contribution >= 4 is 75.8 Å². The fraction of sp³-hybridized carbons (Fsp3) is 0.509. The van der Waals surface area contributed by atoms with Crippen molar-refractivity contribution in [2.24, 2.45) is 0 Å². The lowest BCUT2D eigenvalue weighted by Crippen LogP contribution is -2.48. The second kappa shape index (κ2) is 24.1. The first-order valence-electron chi connectivity index (χ1n) is 28.7. The quantitative estimate of drug-likeness (QED) is 0.0340. The lowest BCUT2D eigenvalue weighted by atomic mass is 10.1. The number of imidazole rings is 2. The topological polar surface area (TPSA) is 420 Å². The number of imide groups is 2. The average molecular weight is 1190 g/mol. The van der Waals surface area contributed by atoms with Gasteiger partial charge in [0.1, 0.15) is 36.5 Å². The van der Waals surface area contributed by atoms with Gasteiger partial charge in [0.2, 0.25) is 11.9 Å². The first-order chi connectivity index (χ1) is 41.6. The van der Waals surface area contributed by atoms with Crippen LogP contribution in [-0.2, 0) is 22.4 Å². The second-order valence-corrected chi connectivity index (χ2v) is 22.8. The van der Waals surface area contributed by atoms with Crippen LogP contribution >= 0.6 is 0 Å². The smallest absolute Gasteiger partial charge is 0.325 e. The van der Waals surface area contributed by atoms with Crippen molar-refractivity contribution in [1.29, 1.82) is 0 Å². The summed E-state index contributed by atoms with van der Waals surface area (Å²) in [7, 11) is 0. The molecule has 31 nitrogen and oxygen atoms in total. The van der Waals surface area contributed by atoms with Crippen LogP contribution in [0.2, 0.25) is 0 Å². The number of aromatic nitrogens is 8. The highest BCUT2D eigenvalue weighted by molar-refractivity contribution is 6.05. The van der Waals surface area contributed by atoms with Crippen LogP contribution in [0.5, 0.6) is 0 Å². The summed E-state index contributed by atoms with van der Waals surface area (Å²) in [5.41, 5.74) is 2.97. The summed E-state index contributed by atoms with van der Waals surface area (Å²) in [5, 5.41) is 104. The summed E-state index contributed by atoms with van der Waals surface area (Å²) in [4.78, 5) is 100. The van der Waals surface area contributed by atoms with Crippen LogP contribution in [0.3, 0.4) is 0 Å². The minimum atomic E-state index is -1.55. The molecule has 456 valence electrons. The highest BCUT2D eigenvalue weighted by atomic mass is 16.3. The largest absolute Gasteiger partial charge is 0.394 e. The molecular weight excluding hydrogens is 1120 g/mol. The summed E-state index contributed by atoms with van der Waals surface area (Å²) < 4.78 is 3.14. The number of benzene rings is 2. The summed E-state index contributed by atoms with van der Waals surface area (Å²) in [5.74, 6) is -0.448. The number of hydrogen-bond acceptors (Lipinski definition) is 23. The molecule has 2 saturated carbocycles. The first kappa shape index (κ1) is 58.0. The Morgan fingerprint density at radius 1 is 0.558 bits per heavy atom. The van der Waals surface area contributed by atoms with E-state index in [9.17, 15) is 64.8 Å². The van der Waals surface area contributed by atoms with E-state index < -0.39 is 116 Å². The Morgan fingerprint density at radius 3 is 1.33 bits per heavy atom. The molecule has 31 heteroatoms. The minimum absolute atomic E-state index is 0.0743.